The second kappa shape index (κ2) is 8.32. The molecular weight excluding hydrogens is 278 g/mol. The van der Waals surface area contributed by atoms with E-state index in [2.05, 4.69) is 23.9 Å². The van der Waals surface area contributed by atoms with Crippen LogP contribution in [0.4, 0.5) is 0 Å². The number of aromatic nitrogens is 1. The summed E-state index contributed by atoms with van der Waals surface area (Å²) >= 11 is 0. The van der Waals surface area contributed by atoms with Gasteiger partial charge in [0.15, 0.2) is 5.76 Å². The Kier molecular flexibility index (Phi) is 6.43. The predicted octanol–water partition coefficient (Wildman–Crippen LogP) is 2.84. The van der Waals surface area contributed by atoms with Gasteiger partial charge in [-0.25, -0.2) is 0 Å². The monoisotopic (exact) mass is 307 g/mol. The third-order valence-corrected chi connectivity index (χ3v) is 4.49. The van der Waals surface area contributed by atoms with Gasteiger partial charge >= 0.3 is 0 Å². The molecule has 2 heterocycles. The highest BCUT2D eigenvalue weighted by atomic mass is 16.5. The van der Waals surface area contributed by atoms with Crippen LogP contribution in [0.25, 0.3) is 0 Å². The number of nitrogens with zero attached hydrogens (tertiary/aromatic N) is 3. The Hall–Kier alpha value is -1.36. The summed E-state index contributed by atoms with van der Waals surface area (Å²) in [7, 11) is 0. The summed E-state index contributed by atoms with van der Waals surface area (Å²) in [6.45, 7) is 10.5. The molecule has 1 aliphatic rings. The van der Waals surface area contributed by atoms with Crippen LogP contribution in [0.2, 0.25) is 0 Å². The molecule has 0 N–H and O–H groups in total. The number of unbranched alkanes of at least 4 members (excludes halogenated alkanes) is 1. The molecule has 5 heteroatoms. The highest BCUT2D eigenvalue weighted by molar-refractivity contribution is 5.78. The molecule has 0 bridgehead atoms. The van der Waals surface area contributed by atoms with Crippen LogP contribution in [0, 0.1) is 12.8 Å². The molecule has 0 radical (unpaired) electrons. The zero-order chi connectivity index (χ0) is 15.9. The van der Waals surface area contributed by atoms with Crippen LogP contribution in [-0.4, -0.2) is 47.0 Å². The van der Waals surface area contributed by atoms with Gasteiger partial charge in [-0.3, -0.25) is 9.69 Å². The van der Waals surface area contributed by atoms with E-state index in [0.717, 1.165) is 69.9 Å². The van der Waals surface area contributed by atoms with Crippen molar-refractivity contribution < 1.29 is 9.32 Å². The molecule has 1 fully saturated rings. The molecule has 1 unspecified atom stereocenters. The van der Waals surface area contributed by atoms with Crippen LogP contribution < -0.4 is 0 Å². The van der Waals surface area contributed by atoms with Crippen molar-refractivity contribution in [3.8, 4) is 0 Å². The van der Waals surface area contributed by atoms with Crippen molar-refractivity contribution in [2.45, 2.75) is 53.0 Å². The van der Waals surface area contributed by atoms with Gasteiger partial charge in [-0.15, -0.1) is 0 Å². The Morgan fingerprint density at radius 3 is 2.59 bits per heavy atom. The quantitative estimate of drug-likeness (QED) is 0.777. The lowest BCUT2D eigenvalue weighted by Crippen LogP contribution is -2.49. The van der Waals surface area contributed by atoms with Crippen LogP contribution in [0.15, 0.2) is 10.6 Å². The minimum Gasteiger partial charge on any atom is -0.360 e. The summed E-state index contributed by atoms with van der Waals surface area (Å²) in [6.07, 6.45) is 4.29. The van der Waals surface area contributed by atoms with Crippen molar-refractivity contribution in [3.63, 3.8) is 0 Å². The molecular formula is C17H29N3O2. The third kappa shape index (κ3) is 4.57. The van der Waals surface area contributed by atoms with E-state index in [-0.39, 0.29) is 5.92 Å². The molecule has 1 aliphatic heterocycles. The molecule has 0 aliphatic carbocycles. The zero-order valence-electron chi connectivity index (χ0n) is 14.2. The van der Waals surface area contributed by atoms with Crippen molar-refractivity contribution in [2.24, 2.45) is 5.92 Å². The van der Waals surface area contributed by atoms with E-state index in [1.165, 1.54) is 0 Å². The smallest absolute Gasteiger partial charge is 0.225 e. The van der Waals surface area contributed by atoms with Crippen LogP contribution in [0.3, 0.4) is 0 Å². The molecule has 22 heavy (non-hydrogen) atoms. The average molecular weight is 307 g/mol. The lowest BCUT2D eigenvalue weighted by Gasteiger charge is -2.36. The van der Waals surface area contributed by atoms with Crippen molar-refractivity contribution in [1.29, 1.82) is 0 Å². The Morgan fingerprint density at radius 1 is 1.32 bits per heavy atom. The number of carbonyl (C=O) groups excluding carboxylic acids is 1. The second-order valence-corrected chi connectivity index (χ2v) is 6.28. The Balaban J connectivity index is 1.79. The SMILES string of the molecule is CCCCC(CC)C(=O)N1CCN(Cc2cc(C)no2)CC1. The molecule has 1 saturated heterocycles. The maximum Gasteiger partial charge on any atom is 0.225 e. The highest BCUT2D eigenvalue weighted by Gasteiger charge is 2.26. The van der Waals surface area contributed by atoms with Gasteiger partial charge in [0.2, 0.25) is 5.91 Å². The fourth-order valence-electron chi connectivity index (χ4n) is 3.05. The summed E-state index contributed by atoms with van der Waals surface area (Å²) in [4.78, 5) is 17.0. The van der Waals surface area contributed by atoms with E-state index in [4.69, 9.17) is 4.52 Å². The van der Waals surface area contributed by atoms with Gasteiger partial charge in [-0.05, 0) is 19.8 Å². The molecule has 124 valence electrons. The predicted molar refractivity (Wildman–Crippen MR) is 86.4 cm³/mol. The number of hydrogen-bond donors (Lipinski definition) is 0. The van der Waals surface area contributed by atoms with E-state index in [0.29, 0.717) is 5.91 Å². The van der Waals surface area contributed by atoms with Crippen LogP contribution in [0.1, 0.15) is 51.0 Å². The van der Waals surface area contributed by atoms with Gasteiger partial charge in [-0.2, -0.15) is 0 Å². The van der Waals surface area contributed by atoms with Crippen molar-refractivity contribution in [2.75, 3.05) is 26.2 Å². The topological polar surface area (TPSA) is 49.6 Å². The molecule has 1 aromatic rings. The van der Waals surface area contributed by atoms with E-state index >= 15 is 0 Å². The van der Waals surface area contributed by atoms with Gasteiger partial charge in [0.1, 0.15) is 0 Å². The number of carbonyl (C=O) groups is 1. The molecule has 1 aromatic heterocycles. The number of hydrogen-bond acceptors (Lipinski definition) is 4. The fourth-order valence-corrected chi connectivity index (χ4v) is 3.05. The standard InChI is InChI=1S/C17H29N3O2/c1-4-6-7-15(5-2)17(21)20-10-8-19(9-11-20)13-16-12-14(3)18-22-16/h12,15H,4-11,13H2,1-3H3. The first-order valence-electron chi connectivity index (χ1n) is 8.57. The minimum absolute atomic E-state index is 0.212. The number of aryl methyl sites for hydroxylation is 1. The molecule has 0 spiro atoms. The molecule has 0 saturated carbocycles. The van der Waals surface area contributed by atoms with Crippen LogP contribution in [0.5, 0.6) is 0 Å². The van der Waals surface area contributed by atoms with Gasteiger partial charge < -0.3 is 9.42 Å². The molecule has 5 nitrogen and oxygen atoms in total. The Bertz CT molecular complexity index is 464. The molecule has 0 aromatic carbocycles. The lowest BCUT2D eigenvalue weighted by atomic mass is 9.97. The Labute approximate surface area is 133 Å². The summed E-state index contributed by atoms with van der Waals surface area (Å²) in [5.74, 6) is 1.47. The van der Waals surface area contributed by atoms with E-state index in [1.54, 1.807) is 0 Å². The first-order chi connectivity index (χ1) is 10.6. The van der Waals surface area contributed by atoms with Crippen molar-refractivity contribution in [3.05, 3.63) is 17.5 Å². The highest BCUT2D eigenvalue weighted by Crippen LogP contribution is 2.18. The number of rotatable bonds is 7. The largest absolute Gasteiger partial charge is 0.360 e. The Morgan fingerprint density at radius 2 is 2.05 bits per heavy atom. The van der Waals surface area contributed by atoms with Gasteiger partial charge in [0, 0.05) is 38.2 Å². The lowest BCUT2D eigenvalue weighted by molar-refractivity contribution is -0.137. The van der Waals surface area contributed by atoms with E-state index in [9.17, 15) is 4.79 Å². The average Bonchev–Trinajstić information content (AvgIpc) is 2.93. The summed E-state index contributed by atoms with van der Waals surface area (Å²) in [5.41, 5.74) is 0.922. The molecule has 1 amide bonds. The van der Waals surface area contributed by atoms with Crippen LogP contribution in [-0.2, 0) is 11.3 Å². The zero-order valence-corrected chi connectivity index (χ0v) is 14.2. The number of amides is 1. The van der Waals surface area contributed by atoms with E-state index in [1.807, 2.05) is 17.9 Å². The fraction of sp³-hybridized carbons (Fsp3) is 0.765. The summed E-state index contributed by atoms with van der Waals surface area (Å²) < 4.78 is 5.27. The van der Waals surface area contributed by atoms with Gasteiger partial charge in [-0.1, -0.05) is 31.8 Å². The minimum atomic E-state index is 0.212. The molecule has 2 rings (SSSR count). The normalized spacial score (nSPS) is 17.7. The maximum absolute atomic E-state index is 12.6. The maximum atomic E-state index is 12.6. The van der Waals surface area contributed by atoms with Crippen molar-refractivity contribution in [1.82, 2.24) is 15.0 Å². The molecule has 1 atom stereocenters. The third-order valence-electron chi connectivity index (χ3n) is 4.49. The van der Waals surface area contributed by atoms with Crippen LogP contribution >= 0.6 is 0 Å². The summed E-state index contributed by atoms with van der Waals surface area (Å²) in [5, 5.41) is 3.92. The van der Waals surface area contributed by atoms with E-state index < -0.39 is 0 Å². The first-order valence-corrected chi connectivity index (χ1v) is 8.57. The number of piperazine rings is 1. The second-order valence-electron chi connectivity index (χ2n) is 6.28. The summed E-state index contributed by atoms with van der Waals surface area (Å²) in [6, 6.07) is 1.98. The van der Waals surface area contributed by atoms with Gasteiger partial charge in [0.05, 0.1) is 12.2 Å². The first kappa shape index (κ1) is 17.0. The van der Waals surface area contributed by atoms with Crippen molar-refractivity contribution >= 4 is 5.91 Å². The van der Waals surface area contributed by atoms with Gasteiger partial charge in [0.25, 0.3) is 0 Å².